The predicted octanol–water partition coefficient (Wildman–Crippen LogP) is 5.56. The van der Waals surface area contributed by atoms with E-state index in [1.165, 1.54) is 30.6 Å². The molecule has 0 radical (unpaired) electrons. The summed E-state index contributed by atoms with van der Waals surface area (Å²) in [6, 6.07) is 17.4. The summed E-state index contributed by atoms with van der Waals surface area (Å²) < 4.78 is 2.57. The monoisotopic (exact) mass is 316 g/mol. The van der Waals surface area contributed by atoms with Gasteiger partial charge >= 0.3 is 0 Å². The SMILES string of the molecule is Cc1ccc(Br)c(Cc2cc3ccccc3s2)c1. The molecule has 0 aliphatic carbocycles. The highest BCUT2D eigenvalue weighted by Crippen LogP contribution is 2.29. The third-order valence-electron chi connectivity index (χ3n) is 3.04. The molecule has 2 aromatic carbocycles. The molecule has 0 spiro atoms. The van der Waals surface area contributed by atoms with E-state index in [0.717, 1.165) is 6.42 Å². The second kappa shape index (κ2) is 4.87. The first kappa shape index (κ1) is 11.9. The fourth-order valence-electron chi connectivity index (χ4n) is 2.15. The Morgan fingerprint density at radius 1 is 1.06 bits per heavy atom. The molecule has 3 aromatic rings. The summed E-state index contributed by atoms with van der Waals surface area (Å²) in [6.07, 6.45) is 1.00. The summed E-state index contributed by atoms with van der Waals surface area (Å²) >= 11 is 5.52. The molecular formula is C16H13BrS. The smallest absolute Gasteiger partial charge is 0.0345 e. The van der Waals surface area contributed by atoms with Crippen LogP contribution in [-0.2, 0) is 6.42 Å². The minimum atomic E-state index is 1.00. The van der Waals surface area contributed by atoms with E-state index in [0.29, 0.717) is 0 Å². The molecular weight excluding hydrogens is 304 g/mol. The summed E-state index contributed by atoms with van der Waals surface area (Å²) in [6.45, 7) is 2.14. The zero-order chi connectivity index (χ0) is 12.5. The average molecular weight is 317 g/mol. The molecule has 0 aliphatic heterocycles. The van der Waals surface area contributed by atoms with Gasteiger partial charge in [0.1, 0.15) is 0 Å². The first-order valence-electron chi connectivity index (χ1n) is 5.95. The minimum Gasteiger partial charge on any atom is -0.140 e. The predicted molar refractivity (Wildman–Crippen MR) is 83.5 cm³/mol. The standard InChI is InChI=1S/C16H13BrS/c1-11-6-7-15(17)13(8-11)10-14-9-12-4-2-3-5-16(12)18-14/h2-9H,10H2,1H3. The number of hydrogen-bond donors (Lipinski definition) is 0. The van der Waals surface area contributed by atoms with Crippen molar-refractivity contribution in [2.45, 2.75) is 13.3 Å². The Labute approximate surface area is 119 Å². The van der Waals surface area contributed by atoms with Crippen LogP contribution in [0.2, 0.25) is 0 Å². The molecule has 0 bridgehead atoms. The maximum absolute atomic E-state index is 3.64. The topological polar surface area (TPSA) is 0 Å². The Hall–Kier alpha value is -1.12. The molecule has 0 unspecified atom stereocenters. The van der Waals surface area contributed by atoms with Crippen molar-refractivity contribution in [3.63, 3.8) is 0 Å². The van der Waals surface area contributed by atoms with Crippen molar-refractivity contribution >= 4 is 37.4 Å². The van der Waals surface area contributed by atoms with Gasteiger partial charge in [-0.15, -0.1) is 11.3 Å². The van der Waals surface area contributed by atoms with Gasteiger partial charge in [0, 0.05) is 20.5 Å². The van der Waals surface area contributed by atoms with Gasteiger partial charge < -0.3 is 0 Å². The molecule has 90 valence electrons. The van der Waals surface area contributed by atoms with Crippen LogP contribution in [0.5, 0.6) is 0 Å². The fourth-order valence-corrected chi connectivity index (χ4v) is 3.62. The third-order valence-corrected chi connectivity index (χ3v) is 4.93. The van der Waals surface area contributed by atoms with Crippen LogP contribution in [0.15, 0.2) is 53.0 Å². The molecule has 3 rings (SSSR count). The first-order chi connectivity index (χ1) is 8.72. The van der Waals surface area contributed by atoms with Gasteiger partial charge in [0.25, 0.3) is 0 Å². The van der Waals surface area contributed by atoms with E-state index < -0.39 is 0 Å². The van der Waals surface area contributed by atoms with Crippen molar-refractivity contribution in [3.8, 4) is 0 Å². The molecule has 2 heteroatoms. The maximum Gasteiger partial charge on any atom is 0.0345 e. The summed E-state index contributed by atoms with van der Waals surface area (Å²) in [7, 11) is 0. The lowest BCUT2D eigenvalue weighted by Crippen LogP contribution is -1.87. The molecule has 0 atom stereocenters. The molecule has 0 N–H and O–H groups in total. The summed E-state index contributed by atoms with van der Waals surface area (Å²) in [5.74, 6) is 0. The average Bonchev–Trinajstić information content (AvgIpc) is 2.76. The van der Waals surface area contributed by atoms with Gasteiger partial charge in [-0.05, 0) is 36.1 Å². The van der Waals surface area contributed by atoms with Gasteiger partial charge in [-0.3, -0.25) is 0 Å². The van der Waals surface area contributed by atoms with E-state index in [9.17, 15) is 0 Å². The van der Waals surface area contributed by atoms with Crippen molar-refractivity contribution in [2.75, 3.05) is 0 Å². The lowest BCUT2D eigenvalue weighted by atomic mass is 10.1. The Morgan fingerprint density at radius 3 is 2.72 bits per heavy atom. The van der Waals surface area contributed by atoms with E-state index >= 15 is 0 Å². The second-order valence-electron chi connectivity index (χ2n) is 4.52. The summed E-state index contributed by atoms with van der Waals surface area (Å²) in [4.78, 5) is 1.42. The zero-order valence-electron chi connectivity index (χ0n) is 10.1. The Morgan fingerprint density at radius 2 is 1.89 bits per heavy atom. The molecule has 18 heavy (non-hydrogen) atoms. The van der Waals surface area contributed by atoms with Crippen molar-refractivity contribution in [2.24, 2.45) is 0 Å². The quantitative estimate of drug-likeness (QED) is 0.580. The number of rotatable bonds is 2. The highest BCUT2D eigenvalue weighted by Gasteiger charge is 2.05. The van der Waals surface area contributed by atoms with Crippen molar-refractivity contribution in [3.05, 3.63) is 69.0 Å². The number of aryl methyl sites for hydroxylation is 1. The van der Waals surface area contributed by atoms with Gasteiger partial charge in [-0.2, -0.15) is 0 Å². The molecule has 0 aliphatic rings. The second-order valence-corrected chi connectivity index (χ2v) is 6.54. The number of halogens is 1. The van der Waals surface area contributed by atoms with E-state index in [1.54, 1.807) is 0 Å². The fraction of sp³-hybridized carbons (Fsp3) is 0.125. The van der Waals surface area contributed by atoms with E-state index in [1.807, 2.05) is 11.3 Å². The molecule has 0 saturated carbocycles. The molecule has 0 amide bonds. The Kier molecular flexibility index (Phi) is 3.23. The lowest BCUT2D eigenvalue weighted by molar-refractivity contribution is 1.21. The first-order valence-corrected chi connectivity index (χ1v) is 7.56. The lowest BCUT2D eigenvalue weighted by Gasteiger charge is -2.03. The summed E-state index contributed by atoms with van der Waals surface area (Å²) in [5.41, 5.74) is 2.68. The van der Waals surface area contributed by atoms with Gasteiger partial charge in [0.05, 0.1) is 0 Å². The minimum absolute atomic E-state index is 1.00. The van der Waals surface area contributed by atoms with Crippen LogP contribution in [0.3, 0.4) is 0 Å². The number of benzene rings is 2. The molecule has 1 aromatic heterocycles. The number of fused-ring (bicyclic) bond motifs is 1. The Bertz CT molecular complexity index is 664. The molecule has 1 heterocycles. The largest absolute Gasteiger partial charge is 0.140 e. The van der Waals surface area contributed by atoms with Crippen LogP contribution in [0.1, 0.15) is 16.0 Å². The molecule has 0 nitrogen and oxygen atoms in total. The van der Waals surface area contributed by atoms with Crippen molar-refractivity contribution < 1.29 is 0 Å². The number of hydrogen-bond acceptors (Lipinski definition) is 1. The van der Waals surface area contributed by atoms with Gasteiger partial charge in [-0.1, -0.05) is 51.8 Å². The van der Waals surface area contributed by atoms with E-state index in [2.05, 4.69) is 71.4 Å². The van der Waals surface area contributed by atoms with Crippen molar-refractivity contribution in [1.82, 2.24) is 0 Å². The highest BCUT2D eigenvalue weighted by atomic mass is 79.9. The van der Waals surface area contributed by atoms with E-state index in [-0.39, 0.29) is 0 Å². The zero-order valence-corrected chi connectivity index (χ0v) is 12.5. The molecule has 0 fully saturated rings. The van der Waals surface area contributed by atoms with Gasteiger partial charge in [0.2, 0.25) is 0 Å². The van der Waals surface area contributed by atoms with E-state index in [4.69, 9.17) is 0 Å². The molecule has 0 saturated heterocycles. The van der Waals surface area contributed by atoms with Crippen LogP contribution >= 0.6 is 27.3 Å². The highest BCUT2D eigenvalue weighted by molar-refractivity contribution is 9.10. The van der Waals surface area contributed by atoms with Crippen LogP contribution < -0.4 is 0 Å². The summed E-state index contributed by atoms with van der Waals surface area (Å²) in [5, 5.41) is 1.35. The van der Waals surface area contributed by atoms with Crippen LogP contribution in [0.4, 0.5) is 0 Å². The van der Waals surface area contributed by atoms with Crippen molar-refractivity contribution in [1.29, 1.82) is 0 Å². The van der Waals surface area contributed by atoms with Crippen LogP contribution in [0, 0.1) is 6.92 Å². The Balaban J connectivity index is 1.98. The van der Waals surface area contributed by atoms with Crippen LogP contribution in [0.25, 0.3) is 10.1 Å². The maximum atomic E-state index is 3.64. The number of thiophene rings is 1. The van der Waals surface area contributed by atoms with Gasteiger partial charge in [-0.25, -0.2) is 0 Å². The van der Waals surface area contributed by atoms with Gasteiger partial charge in [0.15, 0.2) is 0 Å². The van der Waals surface area contributed by atoms with Crippen LogP contribution in [-0.4, -0.2) is 0 Å². The third kappa shape index (κ3) is 2.36. The normalized spacial score (nSPS) is 11.0.